The second-order valence-corrected chi connectivity index (χ2v) is 3.25. The standard InChI is InChI=1S/C9H16ClF2NO3/c10-2-5-15-6-3-13-9(14)1-4-16-7-8(11)12/h8H,1-7H2,(H,13,14). The van der Waals surface area contributed by atoms with Crippen molar-refractivity contribution in [3.8, 4) is 0 Å². The summed E-state index contributed by atoms with van der Waals surface area (Å²) in [7, 11) is 0. The summed E-state index contributed by atoms with van der Waals surface area (Å²) >= 11 is 5.36. The molecule has 96 valence electrons. The molecule has 0 unspecified atom stereocenters. The van der Waals surface area contributed by atoms with Crippen molar-refractivity contribution in [2.45, 2.75) is 12.8 Å². The minimum Gasteiger partial charge on any atom is -0.378 e. The molecule has 0 heterocycles. The third kappa shape index (κ3) is 11.6. The summed E-state index contributed by atoms with van der Waals surface area (Å²) in [6, 6.07) is 0. The van der Waals surface area contributed by atoms with Gasteiger partial charge in [0.05, 0.1) is 19.8 Å². The molecule has 0 spiro atoms. The Bertz CT molecular complexity index is 184. The number of rotatable bonds is 10. The third-order valence-corrected chi connectivity index (χ3v) is 1.66. The molecule has 16 heavy (non-hydrogen) atoms. The lowest BCUT2D eigenvalue weighted by Crippen LogP contribution is -2.28. The highest BCUT2D eigenvalue weighted by Gasteiger charge is 2.04. The average Bonchev–Trinajstić information content (AvgIpc) is 2.24. The van der Waals surface area contributed by atoms with Gasteiger partial charge in [-0.05, 0) is 0 Å². The van der Waals surface area contributed by atoms with Gasteiger partial charge in [-0.2, -0.15) is 0 Å². The van der Waals surface area contributed by atoms with E-state index in [9.17, 15) is 13.6 Å². The summed E-state index contributed by atoms with van der Waals surface area (Å²) in [4.78, 5) is 11.1. The van der Waals surface area contributed by atoms with Crippen LogP contribution in [0.4, 0.5) is 8.78 Å². The van der Waals surface area contributed by atoms with E-state index in [1.54, 1.807) is 0 Å². The number of carbonyl (C=O) groups excluding carboxylic acids is 1. The molecule has 1 amide bonds. The first-order chi connectivity index (χ1) is 7.66. The molecule has 0 atom stereocenters. The first-order valence-electron chi connectivity index (χ1n) is 4.93. The van der Waals surface area contributed by atoms with Crippen LogP contribution in [0.3, 0.4) is 0 Å². The molecule has 0 aromatic rings. The maximum Gasteiger partial charge on any atom is 0.261 e. The van der Waals surface area contributed by atoms with Crippen LogP contribution in [0, 0.1) is 0 Å². The SMILES string of the molecule is O=C(CCOCC(F)F)NCCOCCCl. The van der Waals surface area contributed by atoms with Gasteiger partial charge in [-0.15, -0.1) is 11.6 Å². The third-order valence-electron chi connectivity index (χ3n) is 1.51. The number of nitrogens with one attached hydrogen (secondary N) is 1. The van der Waals surface area contributed by atoms with Crippen molar-refractivity contribution in [1.82, 2.24) is 5.32 Å². The quantitative estimate of drug-likeness (QED) is 0.471. The van der Waals surface area contributed by atoms with Gasteiger partial charge in [-0.25, -0.2) is 8.78 Å². The molecular weight excluding hydrogens is 244 g/mol. The van der Waals surface area contributed by atoms with E-state index in [2.05, 4.69) is 10.1 Å². The molecule has 0 aromatic heterocycles. The van der Waals surface area contributed by atoms with E-state index in [0.29, 0.717) is 25.6 Å². The van der Waals surface area contributed by atoms with Crippen molar-refractivity contribution in [3.63, 3.8) is 0 Å². The number of amides is 1. The van der Waals surface area contributed by atoms with Crippen LogP contribution in [-0.2, 0) is 14.3 Å². The van der Waals surface area contributed by atoms with Crippen LogP contribution in [0.15, 0.2) is 0 Å². The predicted octanol–water partition coefficient (Wildman–Crippen LogP) is 1.03. The maximum absolute atomic E-state index is 11.6. The van der Waals surface area contributed by atoms with Gasteiger partial charge in [0.1, 0.15) is 6.61 Å². The Morgan fingerprint density at radius 1 is 1.25 bits per heavy atom. The number of hydrogen-bond donors (Lipinski definition) is 1. The lowest BCUT2D eigenvalue weighted by molar-refractivity contribution is -0.122. The highest BCUT2D eigenvalue weighted by molar-refractivity contribution is 6.17. The van der Waals surface area contributed by atoms with E-state index in [-0.39, 0.29) is 18.9 Å². The maximum atomic E-state index is 11.6. The highest BCUT2D eigenvalue weighted by Crippen LogP contribution is 1.93. The predicted molar refractivity (Wildman–Crippen MR) is 56.0 cm³/mol. The summed E-state index contributed by atoms with van der Waals surface area (Å²) in [6.45, 7) is 0.570. The van der Waals surface area contributed by atoms with Gasteiger partial charge in [-0.1, -0.05) is 0 Å². The van der Waals surface area contributed by atoms with E-state index in [4.69, 9.17) is 16.3 Å². The normalized spacial score (nSPS) is 10.8. The minimum atomic E-state index is -2.49. The fourth-order valence-electron chi connectivity index (χ4n) is 0.845. The molecule has 0 bridgehead atoms. The van der Waals surface area contributed by atoms with E-state index in [1.807, 2.05) is 0 Å². The number of alkyl halides is 3. The number of halogens is 3. The van der Waals surface area contributed by atoms with Crippen LogP contribution in [0.5, 0.6) is 0 Å². The number of carbonyl (C=O) groups is 1. The summed E-state index contributed by atoms with van der Waals surface area (Å²) in [6.07, 6.45) is -2.42. The Morgan fingerprint density at radius 3 is 2.62 bits per heavy atom. The second kappa shape index (κ2) is 11.0. The monoisotopic (exact) mass is 259 g/mol. The highest BCUT2D eigenvalue weighted by atomic mass is 35.5. The van der Waals surface area contributed by atoms with Crippen LogP contribution in [0.25, 0.3) is 0 Å². The first-order valence-corrected chi connectivity index (χ1v) is 5.46. The zero-order valence-corrected chi connectivity index (χ0v) is 9.64. The summed E-state index contributed by atoms with van der Waals surface area (Å²) < 4.78 is 32.8. The van der Waals surface area contributed by atoms with E-state index < -0.39 is 13.0 Å². The van der Waals surface area contributed by atoms with Crippen LogP contribution in [0.1, 0.15) is 6.42 Å². The molecular formula is C9H16ClF2NO3. The van der Waals surface area contributed by atoms with Crippen molar-refractivity contribution in [2.75, 3.05) is 38.9 Å². The summed E-state index contributed by atoms with van der Waals surface area (Å²) in [5, 5.41) is 2.56. The minimum absolute atomic E-state index is 0.00128. The van der Waals surface area contributed by atoms with Crippen LogP contribution >= 0.6 is 11.6 Å². The van der Waals surface area contributed by atoms with Gasteiger partial charge in [0.15, 0.2) is 0 Å². The summed E-state index contributed by atoms with van der Waals surface area (Å²) in [5.41, 5.74) is 0. The smallest absolute Gasteiger partial charge is 0.261 e. The van der Waals surface area contributed by atoms with Gasteiger partial charge < -0.3 is 14.8 Å². The van der Waals surface area contributed by atoms with Crippen LogP contribution in [0.2, 0.25) is 0 Å². The molecule has 0 aliphatic rings. The zero-order chi connectivity index (χ0) is 12.2. The van der Waals surface area contributed by atoms with Crippen molar-refractivity contribution in [2.24, 2.45) is 0 Å². The Morgan fingerprint density at radius 2 is 2.00 bits per heavy atom. The van der Waals surface area contributed by atoms with Crippen molar-refractivity contribution < 1.29 is 23.0 Å². The van der Waals surface area contributed by atoms with Crippen LogP contribution < -0.4 is 5.32 Å². The number of ether oxygens (including phenoxy) is 2. The summed E-state index contributed by atoms with van der Waals surface area (Å²) in [5.74, 6) is 0.166. The fourth-order valence-corrected chi connectivity index (χ4v) is 0.954. The van der Waals surface area contributed by atoms with Gasteiger partial charge in [0.2, 0.25) is 5.91 Å². The molecule has 0 saturated heterocycles. The first kappa shape index (κ1) is 15.5. The molecule has 4 nitrogen and oxygen atoms in total. The zero-order valence-electron chi connectivity index (χ0n) is 8.89. The van der Waals surface area contributed by atoms with Gasteiger partial charge in [0.25, 0.3) is 6.43 Å². The molecule has 7 heteroatoms. The van der Waals surface area contributed by atoms with Gasteiger partial charge >= 0.3 is 0 Å². The molecule has 0 fully saturated rings. The van der Waals surface area contributed by atoms with Crippen molar-refractivity contribution >= 4 is 17.5 Å². The molecule has 0 aliphatic heterocycles. The Hall–Kier alpha value is -0.460. The lowest BCUT2D eigenvalue weighted by Gasteiger charge is -2.06. The molecule has 0 aliphatic carbocycles. The molecule has 0 aromatic carbocycles. The van der Waals surface area contributed by atoms with E-state index >= 15 is 0 Å². The second-order valence-electron chi connectivity index (χ2n) is 2.87. The molecule has 0 rings (SSSR count). The van der Waals surface area contributed by atoms with Crippen LogP contribution in [-0.4, -0.2) is 51.2 Å². The van der Waals surface area contributed by atoms with Crippen molar-refractivity contribution in [3.05, 3.63) is 0 Å². The van der Waals surface area contributed by atoms with E-state index in [0.717, 1.165) is 0 Å². The number of hydrogen-bond acceptors (Lipinski definition) is 3. The fraction of sp³-hybridized carbons (Fsp3) is 0.889. The Balaban J connectivity index is 3.18. The molecule has 1 N–H and O–H groups in total. The van der Waals surface area contributed by atoms with E-state index in [1.165, 1.54) is 0 Å². The van der Waals surface area contributed by atoms with Crippen molar-refractivity contribution in [1.29, 1.82) is 0 Å². The average molecular weight is 260 g/mol. The largest absolute Gasteiger partial charge is 0.378 e. The lowest BCUT2D eigenvalue weighted by atomic mass is 10.4. The molecule has 0 radical (unpaired) electrons. The van der Waals surface area contributed by atoms with Gasteiger partial charge in [0, 0.05) is 18.8 Å². The molecule has 0 saturated carbocycles. The van der Waals surface area contributed by atoms with Gasteiger partial charge in [-0.3, -0.25) is 4.79 Å². The topological polar surface area (TPSA) is 47.6 Å². The Kier molecular flexibility index (Phi) is 10.7. The Labute approximate surface area is 98.2 Å².